The largest absolute Gasteiger partial charge is 0.308 e. The van der Waals surface area contributed by atoms with Crippen LogP contribution in [-0.2, 0) is 6.54 Å². The molecular weight excluding hydrogens is 246 g/mol. The van der Waals surface area contributed by atoms with Crippen molar-refractivity contribution in [3.05, 3.63) is 46.8 Å². The van der Waals surface area contributed by atoms with Crippen LogP contribution in [0, 0.1) is 0 Å². The number of fused-ring (bicyclic) bond motifs is 1. The van der Waals surface area contributed by atoms with Gasteiger partial charge in [-0.1, -0.05) is 31.0 Å². The Hall–Kier alpha value is -1.28. The second-order valence-corrected chi connectivity index (χ2v) is 4.86. The van der Waals surface area contributed by atoms with Crippen LogP contribution in [0.5, 0.6) is 0 Å². The van der Waals surface area contributed by atoms with Crippen molar-refractivity contribution in [1.29, 1.82) is 0 Å². The van der Waals surface area contributed by atoms with Crippen molar-refractivity contribution in [3.63, 3.8) is 0 Å². The smallest absolute Gasteiger partial charge is 0.251 e. The first-order chi connectivity index (χ1) is 8.83. The van der Waals surface area contributed by atoms with Crippen molar-refractivity contribution < 1.29 is 0 Å². The summed E-state index contributed by atoms with van der Waals surface area (Å²) in [7, 11) is 0. The minimum absolute atomic E-state index is 0.0889. The summed E-state index contributed by atoms with van der Waals surface area (Å²) >= 11 is 5.65. The van der Waals surface area contributed by atoms with Crippen molar-refractivity contribution in [3.8, 4) is 0 Å². The average Bonchev–Trinajstić information content (AvgIpc) is 2.41. The summed E-state index contributed by atoms with van der Waals surface area (Å²) in [5, 5.41) is 1.12. The van der Waals surface area contributed by atoms with Crippen LogP contribution in [-0.4, -0.2) is 10.4 Å². The molecule has 3 heteroatoms. The van der Waals surface area contributed by atoms with Gasteiger partial charge < -0.3 is 4.57 Å². The van der Waals surface area contributed by atoms with E-state index in [4.69, 9.17) is 11.6 Å². The molecular formula is C15H18ClNO. The predicted molar refractivity (Wildman–Crippen MR) is 77.4 cm³/mol. The molecule has 0 saturated carbocycles. The van der Waals surface area contributed by atoms with E-state index in [9.17, 15) is 4.79 Å². The fraction of sp³-hybridized carbons (Fsp3) is 0.400. The summed E-state index contributed by atoms with van der Waals surface area (Å²) < 4.78 is 1.87. The standard InChI is InChI=1S/C15H18ClNO/c16-11-5-1-2-6-12-17-14-8-4-3-7-13(14)9-10-15(17)18/h3-4,7-10H,1-2,5-6,11-12H2. The molecule has 0 unspecified atom stereocenters. The molecule has 0 aliphatic carbocycles. The number of hydrogen-bond acceptors (Lipinski definition) is 1. The van der Waals surface area contributed by atoms with Gasteiger partial charge in [-0.3, -0.25) is 4.79 Å². The number of para-hydroxylation sites is 1. The van der Waals surface area contributed by atoms with E-state index in [1.807, 2.05) is 34.9 Å². The normalized spacial score (nSPS) is 10.9. The Morgan fingerprint density at radius 2 is 1.72 bits per heavy atom. The Bertz CT molecular complexity index is 562. The molecule has 0 N–H and O–H groups in total. The third-order valence-electron chi connectivity index (χ3n) is 3.16. The van der Waals surface area contributed by atoms with Gasteiger partial charge >= 0.3 is 0 Å². The minimum Gasteiger partial charge on any atom is -0.308 e. The van der Waals surface area contributed by atoms with Crippen molar-refractivity contribution in [2.24, 2.45) is 0 Å². The molecule has 0 aliphatic rings. The fourth-order valence-corrected chi connectivity index (χ4v) is 2.38. The average molecular weight is 264 g/mol. The predicted octanol–water partition coefficient (Wildman–Crippen LogP) is 3.80. The highest BCUT2D eigenvalue weighted by atomic mass is 35.5. The van der Waals surface area contributed by atoms with Crippen LogP contribution in [0.25, 0.3) is 10.9 Å². The third-order valence-corrected chi connectivity index (χ3v) is 3.43. The molecule has 96 valence electrons. The zero-order valence-corrected chi connectivity index (χ0v) is 11.2. The molecule has 0 radical (unpaired) electrons. The van der Waals surface area contributed by atoms with Crippen LogP contribution in [0.3, 0.4) is 0 Å². The number of benzene rings is 1. The first-order valence-electron chi connectivity index (χ1n) is 6.47. The quantitative estimate of drug-likeness (QED) is 0.574. The van der Waals surface area contributed by atoms with E-state index in [-0.39, 0.29) is 5.56 Å². The summed E-state index contributed by atoms with van der Waals surface area (Å²) in [6, 6.07) is 11.6. The number of unbranched alkanes of at least 4 members (excludes halogenated alkanes) is 3. The fourth-order valence-electron chi connectivity index (χ4n) is 2.19. The first-order valence-corrected chi connectivity index (χ1v) is 7.01. The zero-order chi connectivity index (χ0) is 12.8. The number of hydrogen-bond donors (Lipinski definition) is 0. The Kier molecular flexibility index (Phi) is 4.82. The lowest BCUT2D eigenvalue weighted by Crippen LogP contribution is -2.19. The number of pyridine rings is 1. The van der Waals surface area contributed by atoms with Gasteiger partial charge in [0.05, 0.1) is 5.52 Å². The number of halogens is 1. The van der Waals surface area contributed by atoms with Gasteiger partial charge in [-0.05, 0) is 30.4 Å². The SMILES string of the molecule is O=c1ccc2ccccc2n1CCCCCCCl. The molecule has 1 heterocycles. The highest BCUT2D eigenvalue weighted by Gasteiger charge is 2.01. The van der Waals surface area contributed by atoms with E-state index in [1.165, 1.54) is 0 Å². The molecule has 0 amide bonds. The van der Waals surface area contributed by atoms with Gasteiger partial charge in [0.1, 0.15) is 0 Å². The lowest BCUT2D eigenvalue weighted by atomic mass is 10.2. The molecule has 0 spiro atoms. The molecule has 1 aromatic heterocycles. The molecule has 0 fully saturated rings. The third kappa shape index (κ3) is 3.14. The maximum absolute atomic E-state index is 11.9. The molecule has 0 atom stereocenters. The zero-order valence-electron chi connectivity index (χ0n) is 10.4. The number of aromatic nitrogens is 1. The summed E-state index contributed by atoms with van der Waals surface area (Å²) in [5.41, 5.74) is 1.12. The van der Waals surface area contributed by atoms with Crippen LogP contribution >= 0.6 is 11.6 Å². The topological polar surface area (TPSA) is 22.0 Å². The molecule has 2 aromatic rings. The van der Waals surface area contributed by atoms with Crippen LogP contribution in [0.1, 0.15) is 25.7 Å². The molecule has 2 nitrogen and oxygen atoms in total. The van der Waals surface area contributed by atoms with Gasteiger partial charge in [-0.2, -0.15) is 0 Å². The number of nitrogens with zero attached hydrogens (tertiary/aromatic N) is 1. The number of rotatable bonds is 6. The van der Waals surface area contributed by atoms with E-state index in [0.29, 0.717) is 0 Å². The maximum atomic E-state index is 11.9. The van der Waals surface area contributed by atoms with Crippen molar-refractivity contribution in [2.45, 2.75) is 32.2 Å². The van der Waals surface area contributed by atoms with Crippen LogP contribution in [0.4, 0.5) is 0 Å². The van der Waals surface area contributed by atoms with Crippen molar-refractivity contribution in [1.82, 2.24) is 4.57 Å². The molecule has 18 heavy (non-hydrogen) atoms. The van der Waals surface area contributed by atoms with E-state index in [0.717, 1.165) is 49.0 Å². The van der Waals surface area contributed by atoms with Crippen LogP contribution < -0.4 is 5.56 Å². The monoisotopic (exact) mass is 263 g/mol. The van der Waals surface area contributed by atoms with Crippen molar-refractivity contribution in [2.75, 3.05) is 5.88 Å². The lowest BCUT2D eigenvalue weighted by Gasteiger charge is -2.09. The van der Waals surface area contributed by atoms with Crippen LogP contribution in [0.15, 0.2) is 41.2 Å². The van der Waals surface area contributed by atoms with E-state index >= 15 is 0 Å². The van der Waals surface area contributed by atoms with Gasteiger partial charge in [0, 0.05) is 18.5 Å². The highest BCUT2D eigenvalue weighted by Crippen LogP contribution is 2.12. The molecule has 1 aromatic carbocycles. The second-order valence-electron chi connectivity index (χ2n) is 4.49. The number of alkyl halides is 1. The molecule has 2 rings (SSSR count). The maximum Gasteiger partial charge on any atom is 0.251 e. The molecule has 0 saturated heterocycles. The Balaban J connectivity index is 2.12. The van der Waals surface area contributed by atoms with Crippen molar-refractivity contribution >= 4 is 22.5 Å². The minimum atomic E-state index is 0.0889. The van der Waals surface area contributed by atoms with Gasteiger partial charge in [-0.15, -0.1) is 11.6 Å². The summed E-state index contributed by atoms with van der Waals surface area (Å²) in [6.07, 6.45) is 4.36. The Morgan fingerprint density at radius 1 is 0.944 bits per heavy atom. The number of aryl methyl sites for hydroxylation is 1. The lowest BCUT2D eigenvalue weighted by molar-refractivity contribution is 0.583. The van der Waals surface area contributed by atoms with Crippen LogP contribution in [0.2, 0.25) is 0 Å². The van der Waals surface area contributed by atoms with E-state index in [2.05, 4.69) is 0 Å². The van der Waals surface area contributed by atoms with Gasteiger partial charge in [-0.25, -0.2) is 0 Å². The first kappa shape index (κ1) is 13.2. The Morgan fingerprint density at radius 3 is 2.56 bits per heavy atom. The van der Waals surface area contributed by atoms with E-state index < -0.39 is 0 Å². The van der Waals surface area contributed by atoms with Gasteiger partial charge in [0.25, 0.3) is 5.56 Å². The molecule has 0 bridgehead atoms. The highest BCUT2D eigenvalue weighted by molar-refractivity contribution is 6.17. The second kappa shape index (κ2) is 6.60. The van der Waals surface area contributed by atoms with E-state index in [1.54, 1.807) is 6.07 Å². The van der Waals surface area contributed by atoms with Gasteiger partial charge in [0.15, 0.2) is 0 Å². The Labute approximate surface area is 112 Å². The summed E-state index contributed by atoms with van der Waals surface area (Å²) in [5.74, 6) is 0.730. The van der Waals surface area contributed by atoms with Gasteiger partial charge in [0.2, 0.25) is 0 Å². The molecule has 0 aliphatic heterocycles. The summed E-state index contributed by atoms with van der Waals surface area (Å²) in [6.45, 7) is 0.794. The summed E-state index contributed by atoms with van der Waals surface area (Å²) in [4.78, 5) is 11.9.